The van der Waals surface area contributed by atoms with Gasteiger partial charge in [0, 0.05) is 5.56 Å². The van der Waals surface area contributed by atoms with Crippen LogP contribution in [0.4, 0.5) is 0 Å². The van der Waals surface area contributed by atoms with E-state index in [0.717, 1.165) is 5.56 Å². The van der Waals surface area contributed by atoms with Crippen LogP contribution in [-0.4, -0.2) is 23.7 Å². The van der Waals surface area contributed by atoms with Gasteiger partial charge in [0.1, 0.15) is 7.05 Å². The Kier molecular flexibility index (Phi) is 3.46. The number of hydrogen-bond donors (Lipinski definition) is 0. The van der Waals surface area contributed by atoms with Crippen molar-refractivity contribution in [1.82, 2.24) is 0 Å². The molecule has 0 aromatic heterocycles. The summed E-state index contributed by atoms with van der Waals surface area (Å²) in [5.74, 6) is -0.00514. The van der Waals surface area contributed by atoms with Crippen LogP contribution in [0, 0.1) is 0 Å². The molecule has 2 nitrogen and oxygen atoms in total. The smallest absolute Gasteiger partial charge is 0.214 e. The number of nitrogens with zero attached hydrogens (tertiary/aromatic N) is 1. The summed E-state index contributed by atoms with van der Waals surface area (Å²) in [5.41, 5.74) is 1.71. The second-order valence-electron chi connectivity index (χ2n) is 3.82. The van der Waals surface area contributed by atoms with Gasteiger partial charge in [-0.15, -0.1) is 0 Å². The summed E-state index contributed by atoms with van der Waals surface area (Å²) in [4.78, 5) is 12.0. The summed E-state index contributed by atoms with van der Waals surface area (Å²) in [7, 11) is 1.77. The van der Waals surface area contributed by atoms with Gasteiger partial charge in [-0.1, -0.05) is 36.4 Å². The van der Waals surface area contributed by atoms with Crippen LogP contribution in [0.25, 0.3) is 0 Å². The van der Waals surface area contributed by atoms with Crippen molar-refractivity contribution >= 4 is 12.1 Å². The first-order valence-corrected chi connectivity index (χ1v) is 5.49. The molecule has 0 fully saturated rings. The molecule has 84 valence electrons. The van der Waals surface area contributed by atoms with E-state index in [2.05, 4.69) is 0 Å². The van der Waals surface area contributed by atoms with Gasteiger partial charge < -0.3 is 0 Å². The first-order chi connectivity index (χ1) is 8.27. The van der Waals surface area contributed by atoms with E-state index in [4.69, 9.17) is 0 Å². The Bertz CT molecular complexity index is 529. The van der Waals surface area contributed by atoms with Crippen molar-refractivity contribution in [2.45, 2.75) is 0 Å². The standard InChI is InChI=1S/C15H14NO/c1-16(12-13-8-4-2-5-9-13)15(17)14-10-6-3-7-11-14/h2-12H,1H3/q+1. The van der Waals surface area contributed by atoms with Crippen molar-refractivity contribution in [2.75, 3.05) is 7.05 Å². The van der Waals surface area contributed by atoms with Crippen molar-refractivity contribution in [3.63, 3.8) is 0 Å². The maximum absolute atomic E-state index is 12.0. The van der Waals surface area contributed by atoms with E-state index in [1.807, 2.05) is 66.9 Å². The molecule has 0 unspecified atom stereocenters. The molecule has 0 saturated heterocycles. The molecule has 0 radical (unpaired) electrons. The largest absolute Gasteiger partial charge is 0.419 e. The lowest BCUT2D eigenvalue weighted by Gasteiger charge is -1.95. The third kappa shape index (κ3) is 2.88. The zero-order chi connectivity index (χ0) is 12.1. The molecule has 0 heterocycles. The zero-order valence-electron chi connectivity index (χ0n) is 9.71. The maximum Gasteiger partial charge on any atom is 0.419 e. The van der Waals surface area contributed by atoms with Gasteiger partial charge in [0.25, 0.3) is 0 Å². The molecule has 0 spiro atoms. The van der Waals surface area contributed by atoms with Crippen molar-refractivity contribution < 1.29 is 9.37 Å². The molecule has 0 bridgehead atoms. The second kappa shape index (κ2) is 5.21. The van der Waals surface area contributed by atoms with E-state index in [1.165, 1.54) is 0 Å². The summed E-state index contributed by atoms with van der Waals surface area (Å²) in [5, 5.41) is 0. The minimum atomic E-state index is -0.00514. The van der Waals surface area contributed by atoms with Crippen LogP contribution in [0.2, 0.25) is 0 Å². The fraction of sp³-hybridized carbons (Fsp3) is 0.0667. The Labute approximate surface area is 101 Å². The van der Waals surface area contributed by atoms with Crippen LogP contribution in [0.15, 0.2) is 60.7 Å². The zero-order valence-corrected chi connectivity index (χ0v) is 9.71. The van der Waals surface area contributed by atoms with E-state index >= 15 is 0 Å². The molecule has 0 aliphatic rings. The van der Waals surface area contributed by atoms with Crippen LogP contribution in [0.3, 0.4) is 0 Å². The van der Waals surface area contributed by atoms with Crippen molar-refractivity contribution in [2.24, 2.45) is 0 Å². The van der Waals surface area contributed by atoms with Crippen molar-refractivity contribution in [1.29, 1.82) is 0 Å². The fourth-order valence-electron chi connectivity index (χ4n) is 1.61. The van der Waals surface area contributed by atoms with E-state index in [-0.39, 0.29) is 5.91 Å². The van der Waals surface area contributed by atoms with Crippen LogP contribution >= 0.6 is 0 Å². The van der Waals surface area contributed by atoms with E-state index in [1.54, 1.807) is 11.6 Å². The molecule has 0 aliphatic carbocycles. The summed E-state index contributed by atoms with van der Waals surface area (Å²) < 4.78 is 1.60. The highest BCUT2D eigenvalue weighted by Crippen LogP contribution is 2.01. The summed E-state index contributed by atoms with van der Waals surface area (Å²) in [6.07, 6.45) is 1.83. The van der Waals surface area contributed by atoms with E-state index in [9.17, 15) is 4.79 Å². The Balaban J connectivity index is 2.24. The highest BCUT2D eigenvalue weighted by Gasteiger charge is 2.14. The van der Waals surface area contributed by atoms with Crippen LogP contribution in [0.5, 0.6) is 0 Å². The number of amides is 1. The van der Waals surface area contributed by atoms with Gasteiger partial charge in [0.15, 0.2) is 6.21 Å². The number of rotatable bonds is 2. The molecule has 0 saturated carbocycles. The van der Waals surface area contributed by atoms with Gasteiger partial charge in [0.05, 0.1) is 5.56 Å². The lowest BCUT2D eigenvalue weighted by atomic mass is 10.2. The molecule has 2 aromatic rings. The molecule has 0 aliphatic heterocycles. The summed E-state index contributed by atoms with van der Waals surface area (Å²) in [6.45, 7) is 0. The quantitative estimate of drug-likeness (QED) is 0.567. The predicted molar refractivity (Wildman–Crippen MR) is 68.6 cm³/mol. The maximum atomic E-state index is 12.0. The minimum Gasteiger partial charge on any atom is -0.214 e. The molecule has 2 rings (SSSR count). The average molecular weight is 224 g/mol. The molecule has 0 atom stereocenters. The fourth-order valence-corrected chi connectivity index (χ4v) is 1.61. The lowest BCUT2D eigenvalue weighted by molar-refractivity contribution is -0.388. The topological polar surface area (TPSA) is 20.1 Å². The molecule has 2 heteroatoms. The Morgan fingerprint density at radius 2 is 1.47 bits per heavy atom. The first-order valence-electron chi connectivity index (χ1n) is 5.49. The number of benzene rings is 2. The SMILES string of the molecule is C[N+](=Cc1ccccc1)C(=O)c1ccccc1. The third-order valence-electron chi connectivity index (χ3n) is 2.48. The molecule has 2 aromatic carbocycles. The highest BCUT2D eigenvalue weighted by molar-refractivity contribution is 5.91. The summed E-state index contributed by atoms with van der Waals surface area (Å²) >= 11 is 0. The monoisotopic (exact) mass is 224 g/mol. The molecule has 0 N–H and O–H groups in total. The van der Waals surface area contributed by atoms with Crippen LogP contribution in [-0.2, 0) is 0 Å². The first kappa shape index (κ1) is 11.3. The Hall–Kier alpha value is -2.22. The number of carbonyl (C=O) groups excluding carboxylic acids is 1. The third-order valence-corrected chi connectivity index (χ3v) is 2.48. The van der Waals surface area contributed by atoms with Crippen LogP contribution < -0.4 is 0 Å². The highest BCUT2D eigenvalue weighted by atomic mass is 16.2. The van der Waals surface area contributed by atoms with Crippen molar-refractivity contribution in [3.8, 4) is 0 Å². The van der Waals surface area contributed by atoms with Crippen molar-refractivity contribution in [3.05, 3.63) is 71.8 Å². The predicted octanol–water partition coefficient (Wildman–Crippen LogP) is 2.59. The lowest BCUT2D eigenvalue weighted by Crippen LogP contribution is -2.17. The second-order valence-corrected chi connectivity index (χ2v) is 3.82. The Morgan fingerprint density at radius 1 is 0.941 bits per heavy atom. The van der Waals surface area contributed by atoms with Gasteiger partial charge >= 0.3 is 5.91 Å². The Morgan fingerprint density at radius 3 is 2.06 bits per heavy atom. The van der Waals surface area contributed by atoms with Gasteiger partial charge in [-0.2, -0.15) is 4.58 Å². The normalized spacial score (nSPS) is 11.2. The minimum absolute atomic E-state index is 0.00514. The molecule has 1 amide bonds. The number of hydrogen-bond acceptors (Lipinski definition) is 1. The van der Waals surface area contributed by atoms with Gasteiger partial charge in [0.2, 0.25) is 0 Å². The van der Waals surface area contributed by atoms with Crippen LogP contribution in [0.1, 0.15) is 15.9 Å². The average Bonchev–Trinajstić information content (AvgIpc) is 2.40. The van der Waals surface area contributed by atoms with Gasteiger partial charge in [-0.05, 0) is 24.3 Å². The molecular weight excluding hydrogens is 210 g/mol. The van der Waals surface area contributed by atoms with Gasteiger partial charge in [-0.3, -0.25) is 0 Å². The number of carbonyl (C=O) groups is 1. The van der Waals surface area contributed by atoms with E-state index < -0.39 is 0 Å². The molecule has 17 heavy (non-hydrogen) atoms. The summed E-state index contributed by atoms with van der Waals surface area (Å²) in [6, 6.07) is 19.1. The van der Waals surface area contributed by atoms with E-state index in [0.29, 0.717) is 5.56 Å². The van der Waals surface area contributed by atoms with Gasteiger partial charge in [-0.25, -0.2) is 4.79 Å². The molecular formula is C15H14NO+.